The molecular formula is C16H16ClF2NO3S. The van der Waals surface area contributed by atoms with Crippen LogP contribution in [0.5, 0.6) is 0 Å². The Labute approximate surface area is 144 Å². The molecule has 2 aromatic carbocycles. The average molecular weight is 376 g/mol. The monoisotopic (exact) mass is 375 g/mol. The highest BCUT2D eigenvalue weighted by atomic mass is 35.5. The van der Waals surface area contributed by atoms with E-state index in [1.54, 1.807) is 24.3 Å². The Morgan fingerprint density at radius 3 is 2.38 bits per heavy atom. The van der Waals surface area contributed by atoms with Gasteiger partial charge in [-0.15, -0.1) is 0 Å². The highest BCUT2D eigenvalue weighted by molar-refractivity contribution is 7.88. The van der Waals surface area contributed by atoms with Crippen molar-refractivity contribution < 1.29 is 21.9 Å². The lowest BCUT2D eigenvalue weighted by molar-refractivity contribution is 0.107. The molecule has 0 unspecified atom stereocenters. The molecule has 0 aliphatic carbocycles. The molecule has 0 heterocycles. The van der Waals surface area contributed by atoms with Crippen LogP contribution in [-0.4, -0.2) is 22.1 Å². The van der Waals surface area contributed by atoms with Gasteiger partial charge in [-0.1, -0.05) is 29.8 Å². The van der Waals surface area contributed by atoms with Gasteiger partial charge in [0.05, 0.1) is 11.9 Å². The first-order valence-electron chi connectivity index (χ1n) is 7.00. The summed E-state index contributed by atoms with van der Waals surface area (Å²) in [5.74, 6) is -2.20. The van der Waals surface area contributed by atoms with Gasteiger partial charge in [0.25, 0.3) is 0 Å². The Morgan fingerprint density at radius 1 is 1.17 bits per heavy atom. The molecule has 24 heavy (non-hydrogen) atoms. The number of rotatable bonds is 7. The highest BCUT2D eigenvalue weighted by Gasteiger charge is 2.19. The molecule has 0 amide bonds. The van der Waals surface area contributed by atoms with Crippen molar-refractivity contribution in [2.45, 2.75) is 11.9 Å². The predicted octanol–water partition coefficient (Wildman–Crippen LogP) is 3.43. The molecule has 0 saturated carbocycles. The Hall–Kier alpha value is -1.54. The third-order valence-corrected chi connectivity index (χ3v) is 4.97. The fourth-order valence-corrected chi connectivity index (χ4v) is 3.59. The van der Waals surface area contributed by atoms with Crippen molar-refractivity contribution in [3.63, 3.8) is 0 Å². The molecule has 1 atom stereocenters. The number of methoxy groups -OCH3 is 1. The normalized spacial score (nSPS) is 13.0. The third kappa shape index (κ3) is 5.24. The topological polar surface area (TPSA) is 55.4 Å². The lowest BCUT2D eigenvalue weighted by Crippen LogP contribution is -2.30. The molecule has 0 aliphatic heterocycles. The minimum absolute atomic E-state index is 0.0201. The van der Waals surface area contributed by atoms with E-state index in [1.807, 2.05) is 0 Å². The van der Waals surface area contributed by atoms with E-state index >= 15 is 0 Å². The fraction of sp³-hybridized carbons (Fsp3) is 0.250. The second-order valence-corrected chi connectivity index (χ2v) is 7.35. The van der Waals surface area contributed by atoms with E-state index in [0.717, 1.165) is 12.1 Å². The summed E-state index contributed by atoms with van der Waals surface area (Å²) in [6, 6.07) is 9.55. The number of sulfonamides is 1. The maximum atomic E-state index is 13.1. The number of halogens is 3. The van der Waals surface area contributed by atoms with Gasteiger partial charge in [0.1, 0.15) is 11.6 Å². The molecule has 0 aliphatic rings. The van der Waals surface area contributed by atoms with Gasteiger partial charge in [-0.25, -0.2) is 21.9 Å². The van der Waals surface area contributed by atoms with Gasteiger partial charge in [0, 0.05) is 30.3 Å². The van der Waals surface area contributed by atoms with Crippen LogP contribution in [0.15, 0.2) is 42.5 Å². The van der Waals surface area contributed by atoms with E-state index in [0.29, 0.717) is 16.7 Å². The van der Waals surface area contributed by atoms with Crippen LogP contribution in [0, 0.1) is 11.6 Å². The van der Waals surface area contributed by atoms with Crippen LogP contribution in [0.4, 0.5) is 8.78 Å². The minimum Gasteiger partial charge on any atom is -0.375 e. The van der Waals surface area contributed by atoms with Crippen molar-refractivity contribution in [1.29, 1.82) is 0 Å². The Kier molecular flexibility index (Phi) is 6.28. The summed E-state index contributed by atoms with van der Waals surface area (Å²) < 4.78 is 58.2. The fourth-order valence-electron chi connectivity index (χ4n) is 2.22. The van der Waals surface area contributed by atoms with E-state index in [-0.39, 0.29) is 12.1 Å². The van der Waals surface area contributed by atoms with Crippen LogP contribution >= 0.6 is 11.6 Å². The molecule has 4 nitrogen and oxygen atoms in total. The van der Waals surface area contributed by atoms with Crippen molar-refractivity contribution >= 4 is 21.6 Å². The number of ether oxygens (including phenoxy) is 1. The smallest absolute Gasteiger partial charge is 0.215 e. The van der Waals surface area contributed by atoms with Crippen LogP contribution in [0.25, 0.3) is 0 Å². The summed E-state index contributed by atoms with van der Waals surface area (Å²) in [6.45, 7) is -0.0552. The first kappa shape index (κ1) is 18.8. The van der Waals surface area contributed by atoms with E-state index in [1.165, 1.54) is 7.11 Å². The Balaban J connectivity index is 2.07. The van der Waals surface area contributed by atoms with Gasteiger partial charge in [-0.3, -0.25) is 0 Å². The first-order valence-corrected chi connectivity index (χ1v) is 9.03. The second kappa shape index (κ2) is 8.02. The quantitative estimate of drug-likeness (QED) is 0.806. The van der Waals surface area contributed by atoms with Crippen molar-refractivity contribution in [3.8, 4) is 0 Å². The summed E-state index contributed by atoms with van der Waals surface area (Å²) >= 11 is 6.07. The molecule has 2 aromatic rings. The molecule has 1 N–H and O–H groups in total. The minimum atomic E-state index is -3.80. The van der Waals surface area contributed by atoms with Crippen LogP contribution in [0.1, 0.15) is 17.2 Å². The standard InChI is InChI=1S/C16H16ClF2NO3S/c1-23-16(14-4-2-3-5-15(14)17)9-20-24(21,22)10-11-6-12(18)8-13(19)7-11/h2-8,16,20H,9-10H2,1H3/t16-/m0/s1. The van der Waals surface area contributed by atoms with Crippen molar-refractivity contribution in [2.24, 2.45) is 0 Å². The maximum absolute atomic E-state index is 13.1. The van der Waals surface area contributed by atoms with Gasteiger partial charge in [-0.2, -0.15) is 0 Å². The van der Waals surface area contributed by atoms with Crippen LogP contribution in [0.3, 0.4) is 0 Å². The zero-order valence-corrected chi connectivity index (χ0v) is 14.4. The van der Waals surface area contributed by atoms with Crippen molar-refractivity contribution in [3.05, 3.63) is 70.2 Å². The highest BCUT2D eigenvalue weighted by Crippen LogP contribution is 2.24. The zero-order valence-electron chi connectivity index (χ0n) is 12.8. The van der Waals surface area contributed by atoms with Gasteiger partial charge in [0.2, 0.25) is 10.0 Å². The molecule has 0 fully saturated rings. The zero-order chi connectivity index (χ0) is 17.7. The molecular weight excluding hydrogens is 360 g/mol. The maximum Gasteiger partial charge on any atom is 0.215 e. The molecule has 0 spiro atoms. The number of nitrogens with one attached hydrogen (secondary N) is 1. The van der Waals surface area contributed by atoms with Crippen LogP contribution in [-0.2, 0) is 20.5 Å². The molecule has 0 bridgehead atoms. The lowest BCUT2D eigenvalue weighted by atomic mass is 10.1. The third-order valence-electron chi connectivity index (χ3n) is 3.30. The Bertz CT molecular complexity index is 794. The number of hydrogen-bond acceptors (Lipinski definition) is 3. The van der Waals surface area contributed by atoms with Gasteiger partial charge < -0.3 is 4.74 Å². The summed E-state index contributed by atoms with van der Waals surface area (Å²) in [7, 11) is -2.37. The van der Waals surface area contributed by atoms with Gasteiger partial charge in [0.15, 0.2) is 0 Å². The molecule has 0 radical (unpaired) electrons. The van der Waals surface area contributed by atoms with Crippen molar-refractivity contribution in [2.75, 3.05) is 13.7 Å². The summed E-state index contributed by atoms with van der Waals surface area (Å²) in [6.07, 6.45) is -0.585. The van der Waals surface area contributed by atoms with E-state index in [9.17, 15) is 17.2 Å². The number of benzene rings is 2. The SMILES string of the molecule is CO[C@@H](CNS(=O)(=O)Cc1cc(F)cc(F)c1)c1ccccc1Cl. The predicted molar refractivity (Wildman–Crippen MR) is 88.2 cm³/mol. The van der Waals surface area contributed by atoms with E-state index in [4.69, 9.17) is 16.3 Å². The van der Waals surface area contributed by atoms with Crippen LogP contribution < -0.4 is 4.72 Å². The lowest BCUT2D eigenvalue weighted by Gasteiger charge is -2.18. The van der Waals surface area contributed by atoms with Crippen LogP contribution in [0.2, 0.25) is 5.02 Å². The van der Waals surface area contributed by atoms with Gasteiger partial charge >= 0.3 is 0 Å². The van der Waals surface area contributed by atoms with Gasteiger partial charge in [-0.05, 0) is 23.8 Å². The first-order chi connectivity index (χ1) is 11.3. The largest absolute Gasteiger partial charge is 0.375 e. The average Bonchev–Trinajstić information content (AvgIpc) is 2.47. The molecule has 8 heteroatoms. The molecule has 2 rings (SSSR count). The molecule has 0 aromatic heterocycles. The molecule has 0 saturated heterocycles. The summed E-state index contributed by atoms with van der Waals surface area (Å²) in [5.41, 5.74) is 0.660. The van der Waals surface area contributed by atoms with E-state index < -0.39 is 33.5 Å². The summed E-state index contributed by atoms with van der Waals surface area (Å²) in [4.78, 5) is 0. The van der Waals surface area contributed by atoms with E-state index in [2.05, 4.69) is 4.72 Å². The molecule has 130 valence electrons. The van der Waals surface area contributed by atoms with Crippen molar-refractivity contribution in [1.82, 2.24) is 4.72 Å². The second-order valence-electron chi connectivity index (χ2n) is 5.13. The Morgan fingerprint density at radius 2 is 1.79 bits per heavy atom. The summed E-state index contributed by atoms with van der Waals surface area (Å²) in [5, 5.41) is 0.454. The number of hydrogen-bond donors (Lipinski definition) is 1.